The molecule has 2 aromatic carbocycles. The van der Waals surface area contributed by atoms with Crippen LogP contribution >= 0.6 is 27.5 Å². The van der Waals surface area contributed by atoms with Gasteiger partial charge in [0.25, 0.3) is 5.91 Å². The van der Waals surface area contributed by atoms with Gasteiger partial charge < -0.3 is 14.5 Å². The van der Waals surface area contributed by atoms with Crippen LogP contribution in [0.15, 0.2) is 57.4 Å². The number of nitrogens with one attached hydrogen (secondary N) is 1. The molecule has 0 aliphatic heterocycles. The van der Waals surface area contributed by atoms with E-state index in [4.69, 9.17) is 20.8 Å². The molecule has 0 atom stereocenters. The topological polar surface area (TPSA) is 51.5 Å². The van der Waals surface area contributed by atoms with Gasteiger partial charge in [-0.1, -0.05) is 45.7 Å². The number of rotatable bonds is 6. The monoisotopic (exact) mass is 447 g/mol. The predicted molar refractivity (Wildman–Crippen MR) is 110 cm³/mol. The summed E-state index contributed by atoms with van der Waals surface area (Å²) in [6.07, 6.45) is 0. The lowest BCUT2D eigenvalue weighted by Crippen LogP contribution is -2.28. The van der Waals surface area contributed by atoms with Crippen LogP contribution in [0.5, 0.6) is 5.75 Å². The summed E-state index contributed by atoms with van der Waals surface area (Å²) in [5.41, 5.74) is 2.93. The van der Waals surface area contributed by atoms with Gasteiger partial charge in [-0.15, -0.1) is 0 Å². The fourth-order valence-corrected chi connectivity index (χ4v) is 3.34. The van der Waals surface area contributed by atoms with Crippen molar-refractivity contribution in [3.05, 3.63) is 74.9 Å². The van der Waals surface area contributed by atoms with Crippen LogP contribution in [-0.4, -0.2) is 12.5 Å². The Bertz CT molecular complexity index is 927. The van der Waals surface area contributed by atoms with Gasteiger partial charge in [-0.05, 0) is 55.3 Å². The number of carbonyl (C=O) groups excluding carboxylic acids is 1. The molecule has 0 aliphatic carbocycles. The van der Waals surface area contributed by atoms with Crippen molar-refractivity contribution in [1.29, 1.82) is 0 Å². The number of amides is 1. The molecule has 1 aromatic heterocycles. The third-order valence-electron chi connectivity index (χ3n) is 3.97. The number of halogens is 2. The second-order valence-electron chi connectivity index (χ2n) is 6.23. The molecule has 0 spiro atoms. The number of ether oxygens (including phenoxy) is 1. The van der Waals surface area contributed by atoms with E-state index >= 15 is 0 Å². The molecular formula is C21H19BrClNO3. The van der Waals surface area contributed by atoms with Crippen LogP contribution in [0.2, 0.25) is 5.02 Å². The van der Waals surface area contributed by atoms with E-state index in [0.29, 0.717) is 23.1 Å². The van der Waals surface area contributed by atoms with Gasteiger partial charge in [-0.3, -0.25) is 4.79 Å². The first-order valence-corrected chi connectivity index (χ1v) is 9.60. The molecular weight excluding hydrogens is 430 g/mol. The highest BCUT2D eigenvalue weighted by Gasteiger charge is 2.11. The number of hydrogen-bond donors (Lipinski definition) is 1. The highest BCUT2D eigenvalue weighted by Crippen LogP contribution is 2.29. The summed E-state index contributed by atoms with van der Waals surface area (Å²) in [5.74, 6) is 1.72. The van der Waals surface area contributed by atoms with Crippen LogP contribution in [0, 0.1) is 13.8 Å². The predicted octanol–water partition coefficient (Wildman–Crippen LogP) is 5.67. The second kappa shape index (κ2) is 8.63. The quantitative estimate of drug-likeness (QED) is 0.528. The SMILES string of the molecule is Cc1cc(C)c(OCC(=O)NCc2ccc(-c3ccc(Br)cc3)o2)c(Cl)c1. The zero-order chi connectivity index (χ0) is 19.4. The van der Waals surface area contributed by atoms with Crippen molar-refractivity contribution in [3.63, 3.8) is 0 Å². The van der Waals surface area contributed by atoms with Crippen LogP contribution in [0.4, 0.5) is 0 Å². The van der Waals surface area contributed by atoms with E-state index < -0.39 is 0 Å². The smallest absolute Gasteiger partial charge is 0.258 e. The molecule has 4 nitrogen and oxygen atoms in total. The summed E-state index contributed by atoms with van der Waals surface area (Å²) in [6, 6.07) is 15.3. The minimum Gasteiger partial charge on any atom is -0.482 e. The summed E-state index contributed by atoms with van der Waals surface area (Å²) < 4.78 is 12.4. The Morgan fingerprint density at radius 1 is 1.15 bits per heavy atom. The summed E-state index contributed by atoms with van der Waals surface area (Å²) in [4.78, 5) is 12.1. The summed E-state index contributed by atoms with van der Waals surface area (Å²) in [7, 11) is 0. The largest absolute Gasteiger partial charge is 0.482 e. The van der Waals surface area contributed by atoms with Gasteiger partial charge in [0.05, 0.1) is 11.6 Å². The van der Waals surface area contributed by atoms with E-state index in [2.05, 4.69) is 21.2 Å². The van der Waals surface area contributed by atoms with Gasteiger partial charge >= 0.3 is 0 Å². The van der Waals surface area contributed by atoms with Crippen molar-refractivity contribution in [1.82, 2.24) is 5.32 Å². The van der Waals surface area contributed by atoms with E-state index in [1.165, 1.54) is 0 Å². The Kier molecular flexibility index (Phi) is 6.24. The molecule has 1 N–H and O–H groups in total. The van der Waals surface area contributed by atoms with Crippen LogP contribution in [0.3, 0.4) is 0 Å². The molecule has 6 heteroatoms. The molecule has 1 amide bonds. The third kappa shape index (κ3) is 5.15. The van der Waals surface area contributed by atoms with Crippen LogP contribution in [-0.2, 0) is 11.3 Å². The van der Waals surface area contributed by atoms with E-state index in [0.717, 1.165) is 26.9 Å². The molecule has 0 radical (unpaired) electrons. The van der Waals surface area contributed by atoms with E-state index in [-0.39, 0.29) is 12.5 Å². The van der Waals surface area contributed by atoms with Gasteiger partial charge in [-0.2, -0.15) is 0 Å². The summed E-state index contributed by atoms with van der Waals surface area (Å²) in [5, 5.41) is 3.29. The van der Waals surface area contributed by atoms with Crippen molar-refractivity contribution >= 4 is 33.4 Å². The third-order valence-corrected chi connectivity index (χ3v) is 4.78. The zero-order valence-corrected chi connectivity index (χ0v) is 17.4. The molecule has 0 fully saturated rings. The van der Waals surface area contributed by atoms with Crippen molar-refractivity contribution in [3.8, 4) is 17.1 Å². The van der Waals surface area contributed by atoms with Gasteiger partial charge in [0.1, 0.15) is 17.3 Å². The standard InChI is InChI=1S/C21H19BrClNO3/c1-13-9-14(2)21(18(23)10-13)26-12-20(25)24-11-17-7-8-19(27-17)15-3-5-16(22)6-4-15/h3-10H,11-12H2,1-2H3,(H,24,25). The molecule has 0 unspecified atom stereocenters. The number of carbonyl (C=O) groups is 1. The van der Waals surface area contributed by atoms with Gasteiger partial charge in [-0.25, -0.2) is 0 Å². The average Bonchev–Trinajstić information content (AvgIpc) is 3.08. The number of aryl methyl sites for hydroxylation is 2. The van der Waals surface area contributed by atoms with Gasteiger partial charge in [0.2, 0.25) is 0 Å². The lowest BCUT2D eigenvalue weighted by Gasteiger charge is -2.11. The van der Waals surface area contributed by atoms with Crippen LogP contribution in [0.1, 0.15) is 16.9 Å². The number of benzene rings is 2. The normalized spacial score (nSPS) is 10.7. The van der Waals surface area contributed by atoms with Crippen LogP contribution in [0.25, 0.3) is 11.3 Å². The summed E-state index contributed by atoms with van der Waals surface area (Å²) >= 11 is 9.60. The maximum Gasteiger partial charge on any atom is 0.258 e. The van der Waals surface area contributed by atoms with E-state index in [9.17, 15) is 4.79 Å². The molecule has 3 rings (SSSR count). The molecule has 1 heterocycles. The van der Waals surface area contributed by atoms with Crippen molar-refractivity contribution < 1.29 is 13.9 Å². The average molecular weight is 449 g/mol. The second-order valence-corrected chi connectivity index (χ2v) is 7.55. The Morgan fingerprint density at radius 2 is 1.89 bits per heavy atom. The lowest BCUT2D eigenvalue weighted by molar-refractivity contribution is -0.123. The number of furan rings is 1. The maximum atomic E-state index is 12.1. The fraction of sp³-hybridized carbons (Fsp3) is 0.190. The van der Waals surface area contributed by atoms with Crippen LogP contribution < -0.4 is 10.1 Å². The first-order chi connectivity index (χ1) is 12.9. The minimum absolute atomic E-state index is 0.107. The molecule has 0 aliphatic rings. The van der Waals surface area contributed by atoms with E-state index in [1.807, 2.05) is 62.4 Å². The Hall–Kier alpha value is -2.24. The highest BCUT2D eigenvalue weighted by atomic mass is 79.9. The van der Waals surface area contributed by atoms with Gasteiger partial charge in [0, 0.05) is 10.0 Å². The van der Waals surface area contributed by atoms with Gasteiger partial charge in [0.15, 0.2) is 6.61 Å². The Balaban J connectivity index is 1.53. The lowest BCUT2D eigenvalue weighted by atomic mass is 10.1. The minimum atomic E-state index is -0.243. The molecule has 0 bridgehead atoms. The van der Waals surface area contributed by atoms with E-state index in [1.54, 1.807) is 0 Å². The molecule has 27 heavy (non-hydrogen) atoms. The highest BCUT2D eigenvalue weighted by molar-refractivity contribution is 9.10. The van der Waals surface area contributed by atoms with Crippen molar-refractivity contribution in [2.45, 2.75) is 20.4 Å². The fourth-order valence-electron chi connectivity index (χ4n) is 2.70. The Morgan fingerprint density at radius 3 is 2.59 bits per heavy atom. The maximum absolute atomic E-state index is 12.1. The number of hydrogen-bond acceptors (Lipinski definition) is 3. The molecule has 0 saturated heterocycles. The summed E-state index contributed by atoms with van der Waals surface area (Å²) in [6.45, 7) is 4.04. The first kappa shape index (κ1) is 19.5. The zero-order valence-electron chi connectivity index (χ0n) is 15.0. The van der Waals surface area contributed by atoms with Crippen molar-refractivity contribution in [2.75, 3.05) is 6.61 Å². The molecule has 0 saturated carbocycles. The first-order valence-electron chi connectivity index (χ1n) is 8.43. The molecule has 3 aromatic rings. The molecule has 140 valence electrons. The Labute approximate surface area is 171 Å². The van der Waals surface area contributed by atoms with Crippen molar-refractivity contribution in [2.24, 2.45) is 0 Å².